The second-order valence-electron chi connectivity index (χ2n) is 12.0. The molecule has 1 fully saturated rings. The third kappa shape index (κ3) is 12.1. The molecule has 1 aromatic rings. The van der Waals surface area contributed by atoms with Crippen LogP contribution in [0.1, 0.15) is 114 Å². The second-order valence-corrected chi connectivity index (χ2v) is 12.0. The Hall–Kier alpha value is -3.75. The minimum atomic E-state index is -0.784. The van der Waals surface area contributed by atoms with Gasteiger partial charge >= 0.3 is 0 Å². The summed E-state index contributed by atoms with van der Waals surface area (Å²) < 4.78 is 0. The third-order valence-electron chi connectivity index (χ3n) is 7.97. The summed E-state index contributed by atoms with van der Waals surface area (Å²) in [6.07, 6.45) is 17.4. The van der Waals surface area contributed by atoms with Gasteiger partial charge in [-0.1, -0.05) is 71.8 Å². The molecule has 3 aliphatic rings. The number of hydrogen-bond donors (Lipinski definition) is 4. The van der Waals surface area contributed by atoms with Gasteiger partial charge in [-0.2, -0.15) is 0 Å². The van der Waals surface area contributed by atoms with Gasteiger partial charge in [0, 0.05) is 54.6 Å². The summed E-state index contributed by atoms with van der Waals surface area (Å²) >= 11 is 0. The van der Waals surface area contributed by atoms with E-state index in [-0.39, 0.29) is 23.8 Å². The number of imidazole rings is 1. The summed E-state index contributed by atoms with van der Waals surface area (Å²) in [4.78, 5) is 50.8. The number of nitrogens with zero attached hydrogens (tertiary/aromatic N) is 2. The van der Waals surface area contributed by atoms with Crippen molar-refractivity contribution in [3.8, 4) is 11.3 Å². The van der Waals surface area contributed by atoms with Gasteiger partial charge in [0.15, 0.2) is 0 Å². The van der Waals surface area contributed by atoms with Crippen LogP contribution in [-0.4, -0.2) is 51.3 Å². The van der Waals surface area contributed by atoms with E-state index < -0.39 is 6.04 Å². The molecule has 2 atom stereocenters. The van der Waals surface area contributed by atoms with Crippen LogP contribution in [0, 0.1) is 5.92 Å². The van der Waals surface area contributed by atoms with Gasteiger partial charge < -0.3 is 20.9 Å². The van der Waals surface area contributed by atoms with E-state index in [0.29, 0.717) is 37.3 Å². The predicted octanol–water partition coefficient (Wildman–Crippen LogP) is 6.21. The summed E-state index contributed by atoms with van der Waals surface area (Å²) in [6.45, 7) is 7.06. The highest BCUT2D eigenvalue weighted by atomic mass is 16.2. The summed E-state index contributed by atoms with van der Waals surface area (Å²) in [6, 6.07) is 8.21. The number of fused-ring (bicyclic) bond motifs is 1. The zero-order valence-corrected chi connectivity index (χ0v) is 26.9. The van der Waals surface area contributed by atoms with Crippen LogP contribution in [0.5, 0.6) is 0 Å². The first-order valence-corrected chi connectivity index (χ1v) is 16.6. The average molecular weight is 605 g/mol. The van der Waals surface area contributed by atoms with Crippen LogP contribution in [0.15, 0.2) is 49.1 Å². The van der Waals surface area contributed by atoms with Crippen LogP contribution in [-0.2, 0) is 16.0 Å². The SMILES string of the molecule is CCC.CCCCNC(=O)CCCC(CC1CCCCC1)NC(=O)[C@H](Cc1cnc[nH]1)NC(=O)c1cccc2nccc-2c1. The number of unbranched alkanes of at least 4 members (excludes halogenated alkanes) is 1. The second kappa shape index (κ2) is 19.5. The first-order chi connectivity index (χ1) is 21.4. The van der Waals surface area contributed by atoms with E-state index in [1.165, 1.54) is 38.5 Å². The Bertz CT molecular complexity index is 1220. The van der Waals surface area contributed by atoms with Crippen LogP contribution in [0.4, 0.5) is 0 Å². The molecule has 0 aromatic carbocycles. The molecule has 0 radical (unpaired) electrons. The van der Waals surface area contributed by atoms with Crippen molar-refractivity contribution < 1.29 is 14.4 Å². The number of carbonyl (C=O) groups excluding carboxylic acids is 3. The standard InChI is InChI=1S/C32H44N6O3.C3H8/c1-2-3-16-35-30(39)14-8-12-26(18-23-9-5-4-6-10-23)37-32(41)29(20-27-21-33-22-36-27)38-31(40)25-11-7-13-28-24(19-25)15-17-34-28;1-3-2/h7,11,13,15,17,19,21-23,26,29H,2-6,8-10,12,14,16,18,20H2,1H3,(H,33,36)(H,35,39)(H,37,41)(H,38,40);3H2,1-2H3/t26?,29-;/m0./s1. The minimum absolute atomic E-state index is 0.0558. The molecule has 4 N–H and O–H groups in total. The fourth-order valence-electron chi connectivity index (χ4n) is 5.66. The minimum Gasteiger partial charge on any atom is -0.356 e. The van der Waals surface area contributed by atoms with Gasteiger partial charge in [-0.3, -0.25) is 19.4 Å². The van der Waals surface area contributed by atoms with E-state index in [0.717, 1.165) is 42.6 Å². The number of H-pyrrole nitrogens is 1. The van der Waals surface area contributed by atoms with E-state index in [9.17, 15) is 14.4 Å². The monoisotopic (exact) mass is 604 g/mol. The lowest BCUT2D eigenvalue weighted by molar-refractivity contribution is -0.123. The molecular formula is C35H52N6O3. The van der Waals surface area contributed by atoms with E-state index >= 15 is 0 Å². The number of aromatic nitrogens is 3. The first-order valence-electron chi connectivity index (χ1n) is 16.6. The van der Waals surface area contributed by atoms with Crippen molar-refractivity contribution in [2.24, 2.45) is 5.92 Å². The Morgan fingerprint density at radius 2 is 1.82 bits per heavy atom. The number of amides is 3. The number of carbonyl (C=O) groups is 3. The van der Waals surface area contributed by atoms with E-state index in [1.54, 1.807) is 36.9 Å². The van der Waals surface area contributed by atoms with Crippen molar-refractivity contribution in [3.63, 3.8) is 0 Å². The zero-order chi connectivity index (χ0) is 31.6. The molecule has 1 unspecified atom stereocenters. The Kier molecular flexibility index (Phi) is 15.4. The lowest BCUT2D eigenvalue weighted by Crippen LogP contribution is -2.51. The van der Waals surface area contributed by atoms with E-state index in [1.807, 2.05) is 12.1 Å². The van der Waals surface area contributed by atoms with Gasteiger partial charge in [0.2, 0.25) is 11.8 Å². The Morgan fingerprint density at radius 3 is 2.55 bits per heavy atom. The largest absolute Gasteiger partial charge is 0.356 e. The highest BCUT2D eigenvalue weighted by Crippen LogP contribution is 2.28. The van der Waals surface area contributed by atoms with Gasteiger partial charge in [-0.15, -0.1) is 0 Å². The number of hydrogen-bond acceptors (Lipinski definition) is 5. The Labute approximate surface area is 263 Å². The van der Waals surface area contributed by atoms with Crippen molar-refractivity contribution in [1.29, 1.82) is 0 Å². The zero-order valence-electron chi connectivity index (χ0n) is 26.9. The van der Waals surface area contributed by atoms with Gasteiger partial charge in [0.05, 0.1) is 12.0 Å². The molecule has 0 saturated heterocycles. The molecule has 9 nitrogen and oxygen atoms in total. The lowest BCUT2D eigenvalue weighted by atomic mass is 9.83. The maximum Gasteiger partial charge on any atom is 0.251 e. The van der Waals surface area contributed by atoms with Gasteiger partial charge in [0.1, 0.15) is 6.04 Å². The van der Waals surface area contributed by atoms with Crippen molar-refractivity contribution >= 4 is 17.7 Å². The molecule has 3 amide bonds. The van der Waals surface area contributed by atoms with Gasteiger partial charge in [-0.05, 0) is 55.9 Å². The normalized spacial score (nSPS) is 14.6. The molecule has 1 aliphatic heterocycles. The summed E-state index contributed by atoms with van der Waals surface area (Å²) in [5, 5.41) is 9.22. The third-order valence-corrected chi connectivity index (χ3v) is 7.97. The first kappa shape index (κ1) is 34.7. The van der Waals surface area contributed by atoms with Crippen molar-refractivity contribution in [1.82, 2.24) is 30.9 Å². The Balaban J connectivity index is 0.00000169. The number of nitrogens with one attached hydrogen (secondary N) is 4. The van der Waals surface area contributed by atoms with Crippen molar-refractivity contribution in [2.75, 3.05) is 6.54 Å². The summed E-state index contributed by atoms with van der Waals surface area (Å²) in [7, 11) is 0. The molecular weight excluding hydrogens is 552 g/mol. The molecule has 0 spiro atoms. The molecule has 2 aliphatic carbocycles. The molecule has 44 heavy (non-hydrogen) atoms. The maximum absolute atomic E-state index is 13.7. The predicted molar refractivity (Wildman–Crippen MR) is 175 cm³/mol. The molecule has 4 rings (SSSR count). The number of aromatic amines is 1. The molecule has 2 heterocycles. The summed E-state index contributed by atoms with van der Waals surface area (Å²) in [5.41, 5.74) is 2.89. The number of rotatable bonds is 15. The van der Waals surface area contributed by atoms with Crippen LogP contribution < -0.4 is 16.0 Å². The van der Waals surface area contributed by atoms with Gasteiger partial charge in [-0.25, -0.2) is 4.98 Å². The quantitative estimate of drug-likeness (QED) is 0.153. The highest BCUT2D eigenvalue weighted by molar-refractivity contribution is 5.98. The topological polar surface area (TPSA) is 129 Å². The van der Waals surface area contributed by atoms with Crippen molar-refractivity contribution in [3.05, 3.63) is 60.3 Å². The fourth-order valence-corrected chi connectivity index (χ4v) is 5.66. The molecule has 9 heteroatoms. The van der Waals surface area contributed by atoms with Gasteiger partial charge in [0.25, 0.3) is 5.91 Å². The molecule has 1 aromatic heterocycles. The summed E-state index contributed by atoms with van der Waals surface area (Å²) in [5.74, 6) is 0.0891. The smallest absolute Gasteiger partial charge is 0.251 e. The van der Waals surface area contributed by atoms with E-state index in [2.05, 4.69) is 51.7 Å². The average Bonchev–Trinajstić information content (AvgIpc) is 3.65. The van der Waals surface area contributed by atoms with Crippen LogP contribution >= 0.6 is 0 Å². The lowest BCUT2D eigenvalue weighted by Gasteiger charge is -2.29. The highest BCUT2D eigenvalue weighted by Gasteiger charge is 2.27. The van der Waals surface area contributed by atoms with Crippen LogP contribution in [0.2, 0.25) is 0 Å². The fraction of sp³-hybridized carbons (Fsp3) is 0.571. The van der Waals surface area contributed by atoms with Crippen LogP contribution in [0.3, 0.4) is 0 Å². The van der Waals surface area contributed by atoms with E-state index in [4.69, 9.17) is 0 Å². The maximum atomic E-state index is 13.7. The van der Waals surface area contributed by atoms with Crippen LogP contribution in [0.25, 0.3) is 11.3 Å². The molecule has 0 bridgehead atoms. The van der Waals surface area contributed by atoms with Crippen molar-refractivity contribution in [2.45, 2.75) is 116 Å². The molecule has 1 saturated carbocycles. The molecule has 240 valence electrons. The Morgan fingerprint density at radius 1 is 1.02 bits per heavy atom.